The lowest BCUT2D eigenvalue weighted by Crippen LogP contribution is -2.62. The summed E-state index contributed by atoms with van der Waals surface area (Å²) in [5.74, 6) is -27.1. The highest BCUT2D eigenvalue weighted by Gasteiger charge is 2.69. The Balaban J connectivity index is 1.29. The second-order valence-corrected chi connectivity index (χ2v) is 15.8. The number of methoxy groups -OCH3 is 2. The maximum atomic E-state index is 14.7. The van der Waals surface area contributed by atoms with Gasteiger partial charge in [-0.25, -0.2) is 28.8 Å². The maximum absolute atomic E-state index is 14.7. The summed E-state index contributed by atoms with van der Waals surface area (Å²) in [5, 5.41) is 128. The molecule has 4 heterocycles. The van der Waals surface area contributed by atoms with Gasteiger partial charge in [0.25, 0.3) is 0 Å². The van der Waals surface area contributed by atoms with Gasteiger partial charge in [-0.3, -0.25) is 4.79 Å². The molecule has 4 aliphatic rings. The molecule has 4 aromatic carbocycles. The van der Waals surface area contributed by atoms with Crippen molar-refractivity contribution in [3.63, 3.8) is 0 Å². The molecule has 0 amide bonds. The fraction of sp³-hybridized carbons (Fsp3) is 0.279. The van der Waals surface area contributed by atoms with Gasteiger partial charge in [0.1, 0.15) is 12.7 Å². The summed E-state index contributed by atoms with van der Waals surface area (Å²) in [4.78, 5) is 95.9. The monoisotopic (exact) mass is 998 g/mol. The van der Waals surface area contributed by atoms with E-state index in [-0.39, 0.29) is 0 Å². The predicted molar refractivity (Wildman–Crippen MR) is 216 cm³/mol. The summed E-state index contributed by atoms with van der Waals surface area (Å²) in [6.45, 7) is -1.28. The third-order valence-electron chi connectivity index (χ3n) is 11.7. The number of carbonyl (C=O) groups excluding carboxylic acids is 7. The standard InChI is InChI=1S/C43H34O28/c1-63-20(49)8-43-24(34(40(61)64-2)69-42(43)62)23-13(7-18(48)28(53)33(23)71-43)39(60)67-32-19-9-65-37(58)11-5-16(46)26(51)29(54)21(11)22-12(6-17(47)27(52)30(22)55)38(59)68-35(32)31(56)41(66-19)70-36(57)10-3-14(44)25(50)15(45)4-10/h3-7,19,24,31-32,34-35,41,44-48,50-56H,8-9H2,1-2H3. The largest absolute Gasteiger partial charge is 0.504 e. The van der Waals surface area contributed by atoms with Crippen molar-refractivity contribution in [2.45, 2.75) is 54.7 Å². The van der Waals surface area contributed by atoms with Crippen LogP contribution < -0.4 is 4.74 Å². The molecule has 4 aromatic rings. The number of carbonyl (C=O) groups is 7. The number of aromatic hydroxyl groups is 11. The Labute approximate surface area is 392 Å². The lowest BCUT2D eigenvalue weighted by atomic mass is 9.78. The third-order valence-corrected chi connectivity index (χ3v) is 11.7. The van der Waals surface area contributed by atoms with Crippen LogP contribution in [0.1, 0.15) is 59.3 Å². The van der Waals surface area contributed by atoms with Gasteiger partial charge in [-0.2, -0.15) is 0 Å². The molecule has 0 aliphatic carbocycles. The molecule has 2 fully saturated rings. The summed E-state index contributed by atoms with van der Waals surface area (Å²) in [5.41, 5.74) is -9.24. The first-order valence-corrected chi connectivity index (χ1v) is 20.0. The van der Waals surface area contributed by atoms with Crippen LogP contribution in [0.3, 0.4) is 0 Å². The van der Waals surface area contributed by atoms with E-state index in [1.807, 2.05) is 0 Å². The minimum atomic E-state index is -2.61. The van der Waals surface area contributed by atoms with Crippen LogP contribution in [0.2, 0.25) is 0 Å². The number of phenols is 11. The number of cyclic esters (lactones) is 2. The van der Waals surface area contributed by atoms with Crippen molar-refractivity contribution in [1.82, 2.24) is 0 Å². The summed E-state index contributed by atoms with van der Waals surface area (Å²) >= 11 is 0. The molecule has 374 valence electrons. The van der Waals surface area contributed by atoms with Crippen LogP contribution in [-0.2, 0) is 52.3 Å². The lowest BCUT2D eigenvalue weighted by molar-refractivity contribution is -0.283. The van der Waals surface area contributed by atoms with E-state index in [4.69, 9.17) is 42.6 Å². The first kappa shape index (κ1) is 48.2. The molecular formula is C43H34O28. The highest BCUT2D eigenvalue weighted by molar-refractivity contribution is 6.08. The second-order valence-electron chi connectivity index (χ2n) is 15.8. The van der Waals surface area contributed by atoms with Gasteiger partial charge >= 0.3 is 41.8 Å². The maximum Gasteiger partial charge on any atom is 0.352 e. The van der Waals surface area contributed by atoms with Crippen LogP contribution >= 0.6 is 0 Å². The van der Waals surface area contributed by atoms with Crippen LogP contribution in [-0.4, -0.2) is 166 Å². The van der Waals surface area contributed by atoms with E-state index in [1.54, 1.807) is 0 Å². The van der Waals surface area contributed by atoms with Crippen molar-refractivity contribution in [2.75, 3.05) is 20.8 Å². The Morgan fingerprint density at radius 1 is 0.662 bits per heavy atom. The van der Waals surface area contributed by atoms with E-state index < -0.39 is 211 Å². The number of rotatable bonds is 7. The number of hydrogen-bond donors (Lipinski definition) is 12. The normalized spacial score (nSPS) is 24.1. The van der Waals surface area contributed by atoms with E-state index in [2.05, 4.69) is 0 Å². The first-order chi connectivity index (χ1) is 33.4. The molecule has 4 aliphatic heterocycles. The molecule has 8 rings (SSSR count). The molecule has 2 bridgehead atoms. The minimum Gasteiger partial charge on any atom is -0.504 e. The number of aliphatic hydroxyl groups excluding tert-OH is 1. The Morgan fingerprint density at radius 3 is 1.80 bits per heavy atom. The van der Waals surface area contributed by atoms with Crippen molar-refractivity contribution in [3.8, 4) is 80.1 Å². The zero-order valence-corrected chi connectivity index (χ0v) is 35.7. The molecule has 8 atom stereocenters. The van der Waals surface area contributed by atoms with Crippen LogP contribution in [0.25, 0.3) is 11.1 Å². The molecule has 2 saturated heterocycles. The third kappa shape index (κ3) is 7.61. The molecule has 8 unspecified atom stereocenters. The average Bonchev–Trinajstić information content (AvgIpc) is 3.81. The number of ether oxygens (including phenoxy) is 9. The quantitative estimate of drug-likeness (QED) is 0.0651. The number of benzene rings is 4. The van der Waals surface area contributed by atoms with Crippen molar-refractivity contribution in [1.29, 1.82) is 0 Å². The Morgan fingerprint density at radius 2 is 1.23 bits per heavy atom. The van der Waals surface area contributed by atoms with Gasteiger partial charge in [-0.1, -0.05) is 0 Å². The number of phenolic OH excluding ortho intramolecular Hbond substituents is 11. The number of esters is 7. The van der Waals surface area contributed by atoms with Crippen molar-refractivity contribution in [3.05, 3.63) is 58.1 Å². The van der Waals surface area contributed by atoms with E-state index in [0.29, 0.717) is 30.3 Å². The van der Waals surface area contributed by atoms with Crippen molar-refractivity contribution < 1.29 is 137 Å². The van der Waals surface area contributed by atoms with Gasteiger partial charge in [0.15, 0.2) is 70.1 Å². The molecule has 0 saturated carbocycles. The van der Waals surface area contributed by atoms with Crippen molar-refractivity contribution in [2.24, 2.45) is 0 Å². The topological polar surface area (TPSA) is 445 Å². The predicted octanol–water partition coefficient (Wildman–Crippen LogP) is -0.144. The van der Waals surface area contributed by atoms with Crippen molar-refractivity contribution >= 4 is 41.8 Å². The first-order valence-electron chi connectivity index (χ1n) is 20.0. The van der Waals surface area contributed by atoms with Gasteiger partial charge in [-0.05, 0) is 30.3 Å². The summed E-state index contributed by atoms with van der Waals surface area (Å²) < 4.78 is 48.2. The fourth-order valence-electron chi connectivity index (χ4n) is 8.39. The van der Waals surface area contributed by atoms with Gasteiger partial charge in [-0.15, -0.1) is 0 Å². The highest BCUT2D eigenvalue weighted by atomic mass is 16.7. The van der Waals surface area contributed by atoms with E-state index in [0.717, 1.165) is 14.2 Å². The van der Waals surface area contributed by atoms with E-state index in [9.17, 15) is 94.8 Å². The molecular weight excluding hydrogens is 964 g/mol. The van der Waals surface area contributed by atoms with Crippen LogP contribution in [0, 0.1) is 0 Å². The second kappa shape index (κ2) is 17.3. The molecule has 0 spiro atoms. The van der Waals surface area contributed by atoms with Crippen LogP contribution in [0.4, 0.5) is 0 Å². The Kier molecular flexibility index (Phi) is 11.8. The summed E-state index contributed by atoms with van der Waals surface area (Å²) in [6.07, 6.45) is -15.3. The van der Waals surface area contributed by atoms with E-state index in [1.165, 1.54) is 0 Å². The highest BCUT2D eigenvalue weighted by Crippen LogP contribution is 2.60. The molecule has 0 aromatic heterocycles. The number of fused-ring (bicyclic) bond motifs is 8. The van der Waals surface area contributed by atoms with Gasteiger partial charge in [0, 0.05) is 16.7 Å². The van der Waals surface area contributed by atoms with Gasteiger partial charge in [0.2, 0.25) is 35.2 Å². The van der Waals surface area contributed by atoms with Crippen LogP contribution in [0.15, 0.2) is 30.3 Å². The summed E-state index contributed by atoms with van der Waals surface area (Å²) in [6, 6.07) is 2.54. The minimum absolute atomic E-state index is 0.383. The zero-order chi connectivity index (χ0) is 51.9. The van der Waals surface area contributed by atoms with E-state index >= 15 is 0 Å². The molecule has 12 N–H and O–H groups in total. The molecule has 28 heteroatoms. The number of aliphatic hydroxyl groups is 1. The zero-order valence-electron chi connectivity index (χ0n) is 35.7. The Hall–Kier alpha value is -9.31. The lowest BCUT2D eigenvalue weighted by Gasteiger charge is -2.42. The SMILES string of the molecule is COC(=O)CC12Oc3c(O)c(O)cc(C(=O)OC4C5COC(=O)c6cc(O)c(O)c(O)c6-c6c(cc(O)c(O)c6O)C(=O)OC4C(O)C(OC(=O)c4cc(O)c(O)c(O)c4)O5)c3C1C(C(=O)OC)OC2=O. The number of hydrogen-bond acceptors (Lipinski definition) is 28. The van der Waals surface area contributed by atoms with Gasteiger partial charge < -0.3 is 104 Å². The molecule has 0 radical (unpaired) electrons. The smallest absolute Gasteiger partial charge is 0.352 e. The average molecular weight is 999 g/mol. The summed E-state index contributed by atoms with van der Waals surface area (Å²) in [7, 11) is 1.79. The van der Waals surface area contributed by atoms with Crippen LogP contribution in [0.5, 0.6) is 69.0 Å². The fourth-order valence-corrected chi connectivity index (χ4v) is 8.39. The molecule has 28 nitrogen and oxygen atoms in total. The van der Waals surface area contributed by atoms with Gasteiger partial charge in [0.05, 0.1) is 48.8 Å². The molecule has 71 heavy (non-hydrogen) atoms. The Bertz CT molecular complexity index is 2990.